The van der Waals surface area contributed by atoms with Crippen molar-refractivity contribution in [1.29, 1.82) is 0 Å². The summed E-state index contributed by atoms with van der Waals surface area (Å²) in [6.07, 6.45) is 3.73. The number of hydrogen-bond donors (Lipinski definition) is 0. The van der Waals surface area contributed by atoms with Crippen LogP contribution in [0.2, 0.25) is 0 Å². The van der Waals surface area contributed by atoms with Gasteiger partial charge in [0.05, 0.1) is 6.61 Å². The summed E-state index contributed by atoms with van der Waals surface area (Å²) < 4.78 is 6.95. The lowest BCUT2D eigenvalue weighted by molar-refractivity contribution is 0.0520. The summed E-state index contributed by atoms with van der Waals surface area (Å²) in [4.78, 5) is 12.1. The van der Waals surface area contributed by atoms with Crippen molar-refractivity contribution in [3.8, 4) is 11.3 Å². The van der Waals surface area contributed by atoms with Gasteiger partial charge in [0.25, 0.3) is 0 Å². The van der Waals surface area contributed by atoms with Gasteiger partial charge in [0.1, 0.15) is 5.69 Å². The van der Waals surface area contributed by atoms with E-state index in [1.165, 1.54) is 19.3 Å². The summed E-state index contributed by atoms with van der Waals surface area (Å²) >= 11 is 0. The maximum atomic E-state index is 12.1. The highest BCUT2D eigenvalue weighted by molar-refractivity contribution is 5.94. The van der Waals surface area contributed by atoms with Gasteiger partial charge < -0.3 is 4.74 Å². The normalized spacial score (nSPS) is 14.7. The molecule has 0 spiro atoms. The number of esters is 1. The van der Waals surface area contributed by atoms with E-state index in [1.807, 2.05) is 35.0 Å². The Morgan fingerprint density at radius 2 is 2.10 bits per heavy atom. The number of benzene rings is 1. The van der Waals surface area contributed by atoms with E-state index in [-0.39, 0.29) is 0 Å². The summed E-state index contributed by atoms with van der Waals surface area (Å²) in [7, 11) is 0. The fraction of sp³-hybridized carbons (Fsp3) is 0.438. The van der Waals surface area contributed by atoms with Gasteiger partial charge in [-0.15, -0.1) is 5.10 Å². The highest BCUT2D eigenvalue weighted by atomic mass is 16.5. The summed E-state index contributed by atoms with van der Waals surface area (Å²) in [5.41, 5.74) is 2.02. The second kappa shape index (κ2) is 6.08. The Balaban J connectivity index is 1.98. The van der Waals surface area contributed by atoms with Crippen molar-refractivity contribution in [2.24, 2.45) is 5.92 Å². The van der Waals surface area contributed by atoms with Crippen LogP contribution in [0.4, 0.5) is 0 Å². The van der Waals surface area contributed by atoms with Crippen LogP contribution in [0.15, 0.2) is 30.3 Å². The molecule has 1 saturated carbocycles. The molecule has 0 atom stereocenters. The van der Waals surface area contributed by atoms with Crippen LogP contribution in [0.1, 0.15) is 36.7 Å². The average Bonchev–Trinajstić information content (AvgIpc) is 2.88. The Morgan fingerprint density at radius 3 is 2.71 bits per heavy atom. The molecule has 1 aromatic carbocycles. The van der Waals surface area contributed by atoms with E-state index in [1.54, 1.807) is 6.92 Å². The number of ether oxygens (including phenoxy) is 1. The Morgan fingerprint density at radius 1 is 1.33 bits per heavy atom. The van der Waals surface area contributed by atoms with Crippen molar-refractivity contribution in [3.63, 3.8) is 0 Å². The molecule has 110 valence electrons. The molecule has 1 aromatic heterocycles. The smallest absolute Gasteiger partial charge is 0.361 e. The van der Waals surface area contributed by atoms with Crippen LogP contribution >= 0.6 is 0 Å². The Hall–Kier alpha value is -2.17. The zero-order valence-corrected chi connectivity index (χ0v) is 12.2. The van der Waals surface area contributed by atoms with Crippen molar-refractivity contribution < 1.29 is 9.53 Å². The maximum Gasteiger partial charge on any atom is 0.361 e. The van der Waals surface area contributed by atoms with Crippen LogP contribution in [-0.2, 0) is 11.3 Å². The molecule has 0 unspecified atom stereocenters. The molecule has 0 amide bonds. The van der Waals surface area contributed by atoms with Gasteiger partial charge in [-0.1, -0.05) is 42.0 Å². The van der Waals surface area contributed by atoms with Gasteiger partial charge in [0.2, 0.25) is 0 Å². The lowest BCUT2D eigenvalue weighted by Gasteiger charge is -2.25. The molecule has 3 rings (SSSR count). The summed E-state index contributed by atoms with van der Waals surface area (Å²) in [6, 6.07) is 9.79. The molecule has 1 aliphatic carbocycles. The zero-order valence-electron chi connectivity index (χ0n) is 12.2. The highest BCUT2D eigenvalue weighted by Gasteiger charge is 2.25. The molecule has 0 N–H and O–H groups in total. The molecular formula is C16H19N3O2. The summed E-state index contributed by atoms with van der Waals surface area (Å²) in [5.74, 6) is 0.237. The molecule has 2 aromatic rings. The predicted octanol–water partition coefficient (Wildman–Crippen LogP) is 2.92. The molecule has 5 nitrogen and oxygen atoms in total. The van der Waals surface area contributed by atoms with Crippen molar-refractivity contribution in [3.05, 3.63) is 36.0 Å². The fourth-order valence-electron chi connectivity index (χ4n) is 2.58. The molecule has 21 heavy (non-hydrogen) atoms. The first-order valence-electron chi connectivity index (χ1n) is 7.45. The van der Waals surface area contributed by atoms with Gasteiger partial charge in [-0.05, 0) is 25.7 Å². The number of nitrogens with zero attached hydrogens (tertiary/aromatic N) is 3. The van der Waals surface area contributed by atoms with Gasteiger partial charge in [-0.2, -0.15) is 0 Å². The Kier molecular flexibility index (Phi) is 3.99. The van der Waals surface area contributed by atoms with E-state index in [0.29, 0.717) is 18.2 Å². The Labute approximate surface area is 123 Å². The van der Waals surface area contributed by atoms with Crippen LogP contribution < -0.4 is 0 Å². The molecular weight excluding hydrogens is 266 g/mol. The van der Waals surface area contributed by atoms with Gasteiger partial charge >= 0.3 is 5.97 Å². The van der Waals surface area contributed by atoms with Crippen molar-refractivity contribution in [2.75, 3.05) is 6.61 Å². The molecule has 1 heterocycles. The van der Waals surface area contributed by atoms with Crippen LogP contribution in [0.3, 0.4) is 0 Å². The number of hydrogen-bond acceptors (Lipinski definition) is 4. The third-order valence-electron chi connectivity index (χ3n) is 3.91. The third-order valence-corrected chi connectivity index (χ3v) is 3.91. The number of carbonyl (C=O) groups excluding carboxylic acids is 1. The molecule has 0 radical (unpaired) electrons. The van der Waals surface area contributed by atoms with E-state index >= 15 is 0 Å². The SMILES string of the molecule is CCOC(=O)c1nnn(CC2CCC2)c1-c1ccccc1. The van der Waals surface area contributed by atoms with Gasteiger partial charge in [-0.3, -0.25) is 0 Å². The Bertz CT molecular complexity index is 618. The summed E-state index contributed by atoms with van der Waals surface area (Å²) in [5, 5.41) is 8.24. The van der Waals surface area contributed by atoms with E-state index in [4.69, 9.17) is 4.74 Å². The molecule has 0 saturated heterocycles. The minimum absolute atomic E-state index is 0.308. The monoisotopic (exact) mass is 285 g/mol. The summed E-state index contributed by atoms with van der Waals surface area (Å²) in [6.45, 7) is 2.94. The van der Waals surface area contributed by atoms with E-state index in [9.17, 15) is 4.79 Å². The van der Waals surface area contributed by atoms with Crippen molar-refractivity contribution in [1.82, 2.24) is 15.0 Å². The largest absolute Gasteiger partial charge is 0.461 e. The van der Waals surface area contributed by atoms with Gasteiger partial charge in [0.15, 0.2) is 5.69 Å². The average molecular weight is 285 g/mol. The van der Waals surface area contributed by atoms with E-state index in [2.05, 4.69) is 10.3 Å². The minimum atomic E-state index is -0.406. The molecule has 5 heteroatoms. The first-order chi connectivity index (χ1) is 10.3. The number of rotatable bonds is 5. The third kappa shape index (κ3) is 2.82. The van der Waals surface area contributed by atoms with Crippen LogP contribution in [0.5, 0.6) is 0 Å². The van der Waals surface area contributed by atoms with Crippen molar-refractivity contribution >= 4 is 5.97 Å². The second-order valence-electron chi connectivity index (χ2n) is 5.35. The van der Waals surface area contributed by atoms with Crippen LogP contribution in [-0.4, -0.2) is 27.6 Å². The lowest BCUT2D eigenvalue weighted by atomic mass is 9.85. The number of carbonyl (C=O) groups is 1. The van der Waals surface area contributed by atoms with E-state index < -0.39 is 5.97 Å². The van der Waals surface area contributed by atoms with Crippen LogP contribution in [0.25, 0.3) is 11.3 Å². The first kappa shape index (κ1) is 13.8. The standard InChI is InChI=1S/C16H19N3O2/c1-2-21-16(20)14-15(13-9-4-3-5-10-13)19(18-17-14)11-12-7-6-8-12/h3-5,9-10,12H,2,6-8,11H2,1H3. The van der Waals surface area contributed by atoms with E-state index in [0.717, 1.165) is 17.8 Å². The molecule has 1 aliphatic rings. The highest BCUT2D eigenvalue weighted by Crippen LogP contribution is 2.30. The molecule has 0 aliphatic heterocycles. The predicted molar refractivity (Wildman–Crippen MR) is 78.8 cm³/mol. The molecule has 0 bridgehead atoms. The minimum Gasteiger partial charge on any atom is -0.461 e. The van der Waals surface area contributed by atoms with Gasteiger partial charge in [0, 0.05) is 12.1 Å². The topological polar surface area (TPSA) is 57.0 Å². The quantitative estimate of drug-likeness (QED) is 0.793. The fourth-order valence-corrected chi connectivity index (χ4v) is 2.58. The first-order valence-corrected chi connectivity index (χ1v) is 7.45. The zero-order chi connectivity index (χ0) is 14.7. The van der Waals surface area contributed by atoms with Crippen LogP contribution in [0, 0.1) is 5.92 Å². The van der Waals surface area contributed by atoms with Crippen molar-refractivity contribution in [2.45, 2.75) is 32.7 Å². The maximum absolute atomic E-state index is 12.1. The second-order valence-corrected chi connectivity index (χ2v) is 5.35. The number of aromatic nitrogens is 3. The van der Waals surface area contributed by atoms with Gasteiger partial charge in [-0.25, -0.2) is 9.48 Å². The lowest BCUT2D eigenvalue weighted by Crippen LogP contribution is -2.19. The molecule has 1 fully saturated rings.